The molecule has 1 amide bonds. The first kappa shape index (κ1) is 25.8. The molecule has 1 N–H and O–H groups in total. The summed E-state index contributed by atoms with van der Waals surface area (Å²) in [6, 6.07) is 10.4. The van der Waals surface area contributed by atoms with Crippen LogP contribution in [0.4, 0.5) is 28.9 Å². The maximum Gasteiger partial charge on any atom is 0.418 e. The average molecular weight is 483 g/mol. The molecule has 1 atom stereocenters. The van der Waals surface area contributed by atoms with E-state index in [2.05, 4.69) is 0 Å². The average Bonchev–Trinajstić information content (AvgIpc) is 2.92. The molecule has 0 radical (unpaired) electrons. The van der Waals surface area contributed by atoms with Gasteiger partial charge in [-0.25, -0.2) is 4.39 Å². The fraction of sp³-hybridized carbons (Fsp3) is 0.480. The molecule has 1 aliphatic rings. The van der Waals surface area contributed by atoms with Crippen LogP contribution in [-0.2, 0) is 10.2 Å². The third-order valence-electron chi connectivity index (χ3n) is 6.31. The van der Waals surface area contributed by atoms with Crippen LogP contribution in [0.1, 0.15) is 39.2 Å². The molecule has 0 aromatic heterocycles. The third-order valence-corrected chi connectivity index (χ3v) is 6.31. The van der Waals surface area contributed by atoms with Gasteiger partial charge >= 0.3 is 6.18 Å². The van der Waals surface area contributed by atoms with Gasteiger partial charge in [-0.3, -0.25) is 4.79 Å². The second-order valence-electron chi connectivity index (χ2n) is 9.37. The lowest BCUT2D eigenvalue weighted by atomic mass is 9.74. The molecule has 1 unspecified atom stereocenters. The first-order valence-electron chi connectivity index (χ1n) is 11.0. The Hall–Kier alpha value is -2.81. The molecule has 0 aliphatic carbocycles. The Labute approximate surface area is 196 Å². The number of fused-ring (bicyclic) bond motifs is 1. The monoisotopic (exact) mass is 482 g/mol. The summed E-state index contributed by atoms with van der Waals surface area (Å²) < 4.78 is 62.5. The van der Waals surface area contributed by atoms with Crippen molar-refractivity contribution in [3.05, 3.63) is 53.8 Å². The Kier molecular flexibility index (Phi) is 7.17. The van der Waals surface area contributed by atoms with Crippen LogP contribution in [0.3, 0.4) is 0 Å². The summed E-state index contributed by atoms with van der Waals surface area (Å²) in [6.07, 6.45) is -5.26. The van der Waals surface area contributed by atoms with Crippen molar-refractivity contribution in [3.63, 3.8) is 0 Å². The lowest BCUT2D eigenvalue weighted by molar-refractivity contribution is -0.262. The van der Waals surface area contributed by atoms with E-state index in [9.17, 15) is 27.5 Å². The van der Waals surface area contributed by atoms with E-state index in [0.29, 0.717) is 24.3 Å². The van der Waals surface area contributed by atoms with Gasteiger partial charge in [-0.15, -0.1) is 0 Å². The molecule has 9 heteroatoms. The summed E-state index contributed by atoms with van der Waals surface area (Å²) in [7, 11) is 1.36. The van der Waals surface area contributed by atoms with E-state index in [1.165, 1.54) is 49.8 Å². The number of alkyl halides is 3. The minimum absolute atomic E-state index is 0.209. The van der Waals surface area contributed by atoms with Crippen LogP contribution in [-0.4, -0.2) is 49.5 Å². The molecule has 34 heavy (non-hydrogen) atoms. The number of β-amino-alcohol motifs (C(OH)–C–C–N with tert-alkyl or cyclic N) is 1. The summed E-state index contributed by atoms with van der Waals surface area (Å²) in [5.41, 5.74) is -3.22. The predicted molar refractivity (Wildman–Crippen MR) is 123 cm³/mol. The molecule has 186 valence electrons. The van der Waals surface area contributed by atoms with Crippen molar-refractivity contribution in [2.45, 2.75) is 50.8 Å². The Balaban J connectivity index is 2.01. The number of rotatable bonds is 6. The molecule has 0 saturated heterocycles. The lowest BCUT2D eigenvalue weighted by Gasteiger charge is -2.41. The van der Waals surface area contributed by atoms with E-state index in [4.69, 9.17) is 4.74 Å². The lowest BCUT2D eigenvalue weighted by Crippen LogP contribution is -2.56. The van der Waals surface area contributed by atoms with Crippen LogP contribution in [0.25, 0.3) is 0 Å². The molecular weight excluding hydrogens is 452 g/mol. The molecule has 0 fully saturated rings. The van der Waals surface area contributed by atoms with E-state index < -0.39 is 36.0 Å². The van der Waals surface area contributed by atoms with Crippen molar-refractivity contribution >= 4 is 17.3 Å². The van der Waals surface area contributed by atoms with Crippen molar-refractivity contribution in [1.29, 1.82) is 0 Å². The quantitative estimate of drug-likeness (QED) is 0.585. The molecular formula is C25H30F4N2O3. The second kappa shape index (κ2) is 9.44. The zero-order valence-electron chi connectivity index (χ0n) is 19.7. The van der Waals surface area contributed by atoms with Gasteiger partial charge in [-0.05, 0) is 48.6 Å². The number of nitrogens with zero attached hydrogens (tertiary/aromatic N) is 2. The summed E-state index contributed by atoms with van der Waals surface area (Å²) in [5, 5.41) is 11.1. The highest BCUT2D eigenvalue weighted by atomic mass is 19.4. The van der Waals surface area contributed by atoms with Crippen molar-refractivity contribution in [3.8, 4) is 5.75 Å². The van der Waals surface area contributed by atoms with Gasteiger partial charge in [-0.1, -0.05) is 26.0 Å². The van der Waals surface area contributed by atoms with Crippen LogP contribution in [0.2, 0.25) is 0 Å². The van der Waals surface area contributed by atoms with Gasteiger partial charge in [0, 0.05) is 25.6 Å². The van der Waals surface area contributed by atoms with Crippen LogP contribution in [0, 0.1) is 5.82 Å². The SMILES string of the molecule is COc1ccc(F)cc1C(C)(C)CC(O)(CN1CCCN(C(C)=O)c2ccccc21)C(F)(F)F. The first-order valence-corrected chi connectivity index (χ1v) is 11.0. The molecule has 1 heterocycles. The van der Waals surface area contributed by atoms with Crippen molar-refractivity contribution < 1.29 is 32.2 Å². The molecule has 5 nitrogen and oxygen atoms in total. The van der Waals surface area contributed by atoms with Crippen molar-refractivity contribution in [2.24, 2.45) is 0 Å². The molecule has 2 aromatic carbocycles. The number of para-hydroxylation sites is 2. The number of carbonyl (C=O) groups is 1. The van der Waals surface area contributed by atoms with Gasteiger partial charge in [0.2, 0.25) is 5.91 Å². The fourth-order valence-electron chi connectivity index (χ4n) is 4.71. The minimum atomic E-state index is -4.97. The van der Waals surface area contributed by atoms with E-state index in [1.807, 2.05) is 0 Å². The largest absolute Gasteiger partial charge is 0.496 e. The molecule has 0 spiro atoms. The fourth-order valence-corrected chi connectivity index (χ4v) is 4.71. The van der Waals surface area contributed by atoms with E-state index in [-0.39, 0.29) is 23.8 Å². The summed E-state index contributed by atoms with van der Waals surface area (Å²) in [4.78, 5) is 15.1. The van der Waals surface area contributed by atoms with Crippen LogP contribution in [0.5, 0.6) is 5.75 Å². The highest BCUT2D eigenvalue weighted by molar-refractivity contribution is 5.95. The van der Waals surface area contributed by atoms with E-state index in [0.717, 1.165) is 6.07 Å². The number of ether oxygens (including phenoxy) is 1. The maximum atomic E-state index is 14.4. The molecule has 0 bridgehead atoms. The minimum Gasteiger partial charge on any atom is -0.496 e. The van der Waals surface area contributed by atoms with Gasteiger partial charge in [0.15, 0.2) is 5.60 Å². The van der Waals surface area contributed by atoms with Crippen molar-refractivity contribution in [1.82, 2.24) is 0 Å². The first-order chi connectivity index (χ1) is 15.8. The Morgan fingerprint density at radius 3 is 2.32 bits per heavy atom. The third kappa shape index (κ3) is 5.14. The molecule has 2 aromatic rings. The summed E-state index contributed by atoms with van der Waals surface area (Å²) in [6.45, 7) is 4.31. The van der Waals surface area contributed by atoms with Crippen molar-refractivity contribution in [2.75, 3.05) is 36.5 Å². The molecule has 0 saturated carbocycles. The highest BCUT2D eigenvalue weighted by Gasteiger charge is 2.57. The van der Waals surface area contributed by atoms with Gasteiger partial charge in [0.1, 0.15) is 11.6 Å². The van der Waals surface area contributed by atoms with Gasteiger partial charge in [0.25, 0.3) is 0 Å². The Morgan fingerprint density at radius 1 is 1.09 bits per heavy atom. The van der Waals surface area contributed by atoms with E-state index in [1.54, 1.807) is 24.3 Å². The highest BCUT2D eigenvalue weighted by Crippen LogP contribution is 2.45. The second-order valence-corrected chi connectivity index (χ2v) is 9.37. The number of carbonyl (C=O) groups excluding carboxylic acids is 1. The van der Waals surface area contributed by atoms with Gasteiger partial charge in [-0.2, -0.15) is 13.2 Å². The summed E-state index contributed by atoms with van der Waals surface area (Å²) in [5.74, 6) is -0.571. The topological polar surface area (TPSA) is 53.0 Å². The number of anilines is 2. The Morgan fingerprint density at radius 2 is 1.74 bits per heavy atom. The van der Waals surface area contributed by atoms with Crippen LogP contribution >= 0.6 is 0 Å². The number of hydrogen-bond donors (Lipinski definition) is 1. The molecule has 3 rings (SSSR count). The number of benzene rings is 2. The molecule has 1 aliphatic heterocycles. The van der Waals surface area contributed by atoms with E-state index >= 15 is 0 Å². The van der Waals surface area contributed by atoms with Gasteiger partial charge < -0.3 is 19.6 Å². The number of aliphatic hydroxyl groups is 1. The zero-order valence-corrected chi connectivity index (χ0v) is 19.7. The normalized spacial score (nSPS) is 16.5. The van der Waals surface area contributed by atoms with Gasteiger partial charge in [0.05, 0.1) is 25.0 Å². The number of methoxy groups -OCH3 is 1. The standard InChI is InChI=1S/C25H30F4N2O3/c1-17(32)31-13-7-12-30(20-8-5-6-9-21(20)31)16-24(33,25(27,28)29)15-23(2,3)19-14-18(26)10-11-22(19)34-4/h5-6,8-11,14,33H,7,12-13,15-16H2,1-4H3. The summed E-state index contributed by atoms with van der Waals surface area (Å²) >= 11 is 0. The Bertz CT molecular complexity index is 1040. The zero-order chi connectivity index (χ0) is 25.3. The van der Waals surface area contributed by atoms with Crippen LogP contribution < -0.4 is 14.5 Å². The number of amides is 1. The maximum absolute atomic E-state index is 14.4. The number of halogens is 4. The predicted octanol–water partition coefficient (Wildman–Crippen LogP) is 5.06. The number of hydrogen-bond acceptors (Lipinski definition) is 4. The smallest absolute Gasteiger partial charge is 0.418 e. The van der Waals surface area contributed by atoms with Crippen LogP contribution in [0.15, 0.2) is 42.5 Å².